The van der Waals surface area contributed by atoms with Gasteiger partial charge in [-0.25, -0.2) is 9.38 Å². The first-order valence-electron chi connectivity index (χ1n) is 10.0. The van der Waals surface area contributed by atoms with Crippen LogP contribution >= 0.6 is 34.5 Å². The summed E-state index contributed by atoms with van der Waals surface area (Å²) in [6.07, 6.45) is 4.02. The van der Waals surface area contributed by atoms with Gasteiger partial charge in [0.1, 0.15) is 0 Å². The van der Waals surface area contributed by atoms with Crippen molar-refractivity contribution in [3.8, 4) is 0 Å². The van der Waals surface area contributed by atoms with Gasteiger partial charge < -0.3 is 4.57 Å². The van der Waals surface area contributed by atoms with Crippen molar-refractivity contribution in [2.75, 3.05) is 0 Å². The number of nitrogens with zero attached hydrogens (tertiary/aromatic N) is 3. The highest BCUT2D eigenvalue weighted by molar-refractivity contribution is 7.15. The maximum atomic E-state index is 13.2. The van der Waals surface area contributed by atoms with Crippen LogP contribution in [0.5, 0.6) is 0 Å². The third-order valence-corrected chi connectivity index (χ3v) is 7.16. The SMILES string of the molecule is O=c1/c(=C/c2cn(Cc3ccc(Cl)cc3Cl)c3ccccc23)sc2nc3ccccc3n12. The van der Waals surface area contributed by atoms with E-state index >= 15 is 0 Å². The molecule has 3 aromatic carbocycles. The van der Waals surface area contributed by atoms with Crippen LogP contribution in [0.2, 0.25) is 10.0 Å². The number of imidazole rings is 1. The molecule has 6 aromatic rings. The maximum Gasteiger partial charge on any atom is 0.274 e. The number of benzene rings is 3. The fraction of sp³-hybridized carbons (Fsp3) is 0.0400. The van der Waals surface area contributed by atoms with Crippen molar-refractivity contribution in [1.82, 2.24) is 14.0 Å². The third-order valence-electron chi connectivity index (χ3n) is 5.61. The summed E-state index contributed by atoms with van der Waals surface area (Å²) in [6.45, 7) is 0.604. The molecule has 156 valence electrons. The van der Waals surface area contributed by atoms with E-state index in [-0.39, 0.29) is 5.56 Å². The maximum absolute atomic E-state index is 13.2. The van der Waals surface area contributed by atoms with Gasteiger partial charge >= 0.3 is 0 Å². The highest BCUT2D eigenvalue weighted by Crippen LogP contribution is 2.26. The van der Waals surface area contributed by atoms with E-state index in [1.54, 1.807) is 10.5 Å². The van der Waals surface area contributed by atoms with Crippen molar-refractivity contribution in [1.29, 1.82) is 0 Å². The number of fused-ring (bicyclic) bond motifs is 4. The second kappa shape index (κ2) is 7.48. The molecule has 4 nitrogen and oxygen atoms in total. The van der Waals surface area contributed by atoms with Crippen molar-refractivity contribution < 1.29 is 0 Å². The Morgan fingerprint density at radius 2 is 1.75 bits per heavy atom. The normalized spacial score (nSPS) is 12.5. The standard InChI is InChI=1S/C25H15Cl2N3OS/c26-17-10-9-15(19(27)12-17)13-29-14-16(18-5-1-3-7-21(18)29)11-23-24(31)30-22-8-4-2-6-20(22)28-25(30)32-23/h1-12,14H,13H2/b23-11-. The van der Waals surface area contributed by atoms with Crippen LogP contribution < -0.4 is 10.1 Å². The van der Waals surface area contributed by atoms with Crippen LogP contribution in [0.1, 0.15) is 11.1 Å². The Morgan fingerprint density at radius 1 is 0.969 bits per heavy atom. The molecule has 3 aromatic heterocycles. The van der Waals surface area contributed by atoms with E-state index in [0.29, 0.717) is 26.1 Å². The van der Waals surface area contributed by atoms with Crippen molar-refractivity contribution in [2.24, 2.45) is 0 Å². The second-order valence-corrected chi connectivity index (χ2v) is 9.45. The van der Waals surface area contributed by atoms with Crippen LogP contribution in [-0.2, 0) is 6.54 Å². The molecule has 0 aliphatic carbocycles. The molecular weight excluding hydrogens is 461 g/mol. The Balaban J connectivity index is 1.52. The minimum Gasteiger partial charge on any atom is -0.342 e. The van der Waals surface area contributed by atoms with Crippen molar-refractivity contribution in [3.05, 3.63) is 109 Å². The van der Waals surface area contributed by atoms with E-state index in [1.165, 1.54) is 11.3 Å². The molecule has 0 saturated heterocycles. The molecule has 0 atom stereocenters. The first-order valence-corrected chi connectivity index (χ1v) is 11.6. The molecule has 0 amide bonds. The van der Waals surface area contributed by atoms with Gasteiger partial charge in [-0.15, -0.1) is 0 Å². The molecule has 0 unspecified atom stereocenters. The van der Waals surface area contributed by atoms with Crippen molar-refractivity contribution >= 4 is 67.5 Å². The van der Waals surface area contributed by atoms with Gasteiger partial charge in [-0.05, 0) is 42.0 Å². The molecule has 6 rings (SSSR count). The first kappa shape index (κ1) is 19.6. The Bertz CT molecular complexity index is 1760. The summed E-state index contributed by atoms with van der Waals surface area (Å²) in [5.41, 5.74) is 4.66. The quantitative estimate of drug-likeness (QED) is 0.326. The van der Waals surface area contributed by atoms with Crippen LogP contribution in [0.15, 0.2) is 77.7 Å². The topological polar surface area (TPSA) is 39.3 Å². The Morgan fingerprint density at radius 3 is 2.59 bits per heavy atom. The largest absolute Gasteiger partial charge is 0.342 e. The van der Waals surface area contributed by atoms with Gasteiger partial charge in [0, 0.05) is 39.3 Å². The molecule has 0 fully saturated rings. The number of para-hydroxylation sites is 3. The lowest BCUT2D eigenvalue weighted by Gasteiger charge is -2.08. The average Bonchev–Trinajstić information content (AvgIpc) is 3.42. The summed E-state index contributed by atoms with van der Waals surface area (Å²) >= 11 is 13.9. The predicted octanol–water partition coefficient (Wildman–Crippen LogP) is 5.77. The van der Waals surface area contributed by atoms with E-state index in [4.69, 9.17) is 23.2 Å². The monoisotopic (exact) mass is 475 g/mol. The zero-order valence-corrected chi connectivity index (χ0v) is 19.0. The van der Waals surface area contributed by atoms with E-state index in [2.05, 4.69) is 27.9 Å². The number of hydrogen-bond acceptors (Lipinski definition) is 3. The van der Waals surface area contributed by atoms with E-state index in [0.717, 1.165) is 33.1 Å². The molecule has 0 radical (unpaired) electrons. The lowest BCUT2D eigenvalue weighted by Crippen LogP contribution is -2.22. The predicted molar refractivity (Wildman–Crippen MR) is 133 cm³/mol. The summed E-state index contributed by atoms with van der Waals surface area (Å²) in [4.78, 5) is 18.5. The zero-order valence-electron chi connectivity index (χ0n) is 16.6. The number of halogens is 2. The number of rotatable bonds is 3. The number of hydrogen-bond donors (Lipinski definition) is 0. The van der Waals surface area contributed by atoms with Crippen molar-refractivity contribution in [3.63, 3.8) is 0 Å². The van der Waals surface area contributed by atoms with Gasteiger partial charge in [0.15, 0.2) is 4.96 Å². The number of aromatic nitrogens is 3. The average molecular weight is 476 g/mol. The van der Waals surface area contributed by atoms with Crippen LogP contribution in [0.3, 0.4) is 0 Å². The zero-order chi connectivity index (χ0) is 21.8. The summed E-state index contributed by atoms with van der Waals surface area (Å²) in [5.74, 6) is 0. The number of thiazole rings is 1. The molecule has 3 heterocycles. The Labute approximate surface area is 196 Å². The van der Waals surface area contributed by atoms with E-state index < -0.39 is 0 Å². The highest BCUT2D eigenvalue weighted by atomic mass is 35.5. The molecule has 0 bridgehead atoms. The summed E-state index contributed by atoms with van der Waals surface area (Å²) in [5, 5.41) is 2.32. The fourth-order valence-electron chi connectivity index (χ4n) is 4.11. The Hall–Kier alpha value is -3.12. The van der Waals surface area contributed by atoms with Crippen molar-refractivity contribution in [2.45, 2.75) is 6.54 Å². The van der Waals surface area contributed by atoms with Crippen LogP contribution in [0.4, 0.5) is 0 Å². The molecule has 0 aliphatic heterocycles. The smallest absolute Gasteiger partial charge is 0.274 e. The lowest BCUT2D eigenvalue weighted by atomic mass is 10.2. The minimum absolute atomic E-state index is 0.0451. The summed E-state index contributed by atoms with van der Waals surface area (Å²) in [6, 6.07) is 21.4. The second-order valence-electron chi connectivity index (χ2n) is 7.60. The molecule has 0 saturated carbocycles. The molecule has 0 aliphatic rings. The van der Waals surface area contributed by atoms with Gasteiger partial charge in [-0.1, -0.05) is 70.9 Å². The molecule has 7 heteroatoms. The molecule has 32 heavy (non-hydrogen) atoms. The van der Waals surface area contributed by atoms with Gasteiger partial charge in [-0.2, -0.15) is 0 Å². The summed E-state index contributed by atoms with van der Waals surface area (Å²) < 4.78 is 4.50. The van der Waals surface area contributed by atoms with Gasteiger partial charge in [0.25, 0.3) is 5.56 Å². The van der Waals surface area contributed by atoms with Gasteiger partial charge in [0.2, 0.25) is 0 Å². The first-order chi connectivity index (χ1) is 15.6. The molecule has 0 N–H and O–H groups in total. The van der Waals surface area contributed by atoms with Crippen LogP contribution in [-0.4, -0.2) is 14.0 Å². The van der Waals surface area contributed by atoms with E-state index in [9.17, 15) is 4.79 Å². The minimum atomic E-state index is -0.0451. The Kier molecular flexibility index (Phi) is 4.57. The molecular formula is C25H15Cl2N3OS. The van der Waals surface area contributed by atoms with Crippen LogP contribution in [0.25, 0.3) is 33.0 Å². The van der Waals surface area contributed by atoms with Gasteiger partial charge in [-0.3, -0.25) is 4.79 Å². The highest BCUT2D eigenvalue weighted by Gasteiger charge is 2.13. The summed E-state index contributed by atoms with van der Waals surface area (Å²) in [7, 11) is 0. The van der Waals surface area contributed by atoms with Gasteiger partial charge in [0.05, 0.1) is 15.6 Å². The fourth-order valence-corrected chi connectivity index (χ4v) is 5.55. The van der Waals surface area contributed by atoms with Crippen LogP contribution in [0, 0.1) is 0 Å². The lowest BCUT2D eigenvalue weighted by molar-refractivity contribution is 0.836. The third kappa shape index (κ3) is 3.13. The van der Waals surface area contributed by atoms with E-state index in [1.807, 2.05) is 54.6 Å². The molecule has 0 spiro atoms.